The monoisotopic (exact) mass is 437 g/mol. The van der Waals surface area contributed by atoms with Crippen molar-refractivity contribution in [3.63, 3.8) is 0 Å². The SMILES string of the molecule is C=CCn1c(SC(C)C(=O)N2CC(=O)Nc3ccccc32)nnc1-c1ccccc1F. The van der Waals surface area contributed by atoms with E-state index >= 15 is 0 Å². The maximum Gasteiger partial charge on any atom is 0.244 e. The molecule has 1 aromatic heterocycles. The molecule has 1 aliphatic heterocycles. The lowest BCUT2D eigenvalue weighted by Gasteiger charge is -2.30. The number of nitrogens with zero attached hydrogens (tertiary/aromatic N) is 4. The van der Waals surface area contributed by atoms with Crippen LogP contribution in [0.5, 0.6) is 0 Å². The van der Waals surface area contributed by atoms with Crippen molar-refractivity contribution in [2.45, 2.75) is 23.9 Å². The molecule has 2 aromatic carbocycles. The van der Waals surface area contributed by atoms with Crippen LogP contribution in [0.25, 0.3) is 11.4 Å². The van der Waals surface area contributed by atoms with E-state index in [0.29, 0.717) is 34.5 Å². The zero-order chi connectivity index (χ0) is 22.0. The molecule has 2 amide bonds. The molecule has 1 N–H and O–H groups in total. The maximum atomic E-state index is 14.3. The minimum atomic E-state index is -0.555. The van der Waals surface area contributed by atoms with Crippen molar-refractivity contribution >= 4 is 35.0 Å². The molecule has 3 aromatic rings. The molecule has 9 heteroatoms. The second-order valence-electron chi connectivity index (χ2n) is 6.94. The summed E-state index contributed by atoms with van der Waals surface area (Å²) >= 11 is 1.21. The quantitative estimate of drug-likeness (QED) is 0.469. The summed E-state index contributed by atoms with van der Waals surface area (Å²) in [6, 6.07) is 13.5. The van der Waals surface area contributed by atoms with E-state index in [4.69, 9.17) is 0 Å². The maximum absolute atomic E-state index is 14.3. The Morgan fingerprint density at radius 3 is 2.77 bits per heavy atom. The van der Waals surface area contributed by atoms with Gasteiger partial charge in [-0.2, -0.15) is 0 Å². The van der Waals surface area contributed by atoms with Crippen LogP contribution in [0.4, 0.5) is 15.8 Å². The number of amides is 2. The van der Waals surface area contributed by atoms with Crippen LogP contribution in [-0.4, -0.2) is 38.4 Å². The molecular formula is C22H20FN5O2S. The van der Waals surface area contributed by atoms with Gasteiger partial charge < -0.3 is 5.32 Å². The second kappa shape index (κ2) is 8.73. The van der Waals surface area contributed by atoms with Gasteiger partial charge in [-0.3, -0.25) is 19.1 Å². The van der Waals surface area contributed by atoms with E-state index in [9.17, 15) is 14.0 Å². The first-order valence-electron chi connectivity index (χ1n) is 9.65. The molecule has 0 fully saturated rings. The van der Waals surface area contributed by atoms with Gasteiger partial charge in [-0.15, -0.1) is 16.8 Å². The highest BCUT2D eigenvalue weighted by Gasteiger charge is 2.31. The first-order valence-corrected chi connectivity index (χ1v) is 10.5. The molecule has 0 saturated heterocycles. The van der Waals surface area contributed by atoms with Crippen molar-refractivity contribution in [2.24, 2.45) is 0 Å². The minimum Gasteiger partial charge on any atom is -0.323 e. The summed E-state index contributed by atoms with van der Waals surface area (Å²) in [6.45, 7) is 5.80. The molecule has 0 saturated carbocycles. The number of nitrogens with one attached hydrogen (secondary N) is 1. The van der Waals surface area contributed by atoms with Crippen molar-refractivity contribution in [2.75, 3.05) is 16.8 Å². The van der Waals surface area contributed by atoms with Gasteiger partial charge in [-0.25, -0.2) is 4.39 Å². The van der Waals surface area contributed by atoms with Gasteiger partial charge in [0.05, 0.1) is 22.2 Å². The molecule has 31 heavy (non-hydrogen) atoms. The highest BCUT2D eigenvalue weighted by Crippen LogP contribution is 2.33. The Hall–Kier alpha value is -3.46. The Balaban J connectivity index is 1.61. The van der Waals surface area contributed by atoms with Crippen LogP contribution in [0.2, 0.25) is 0 Å². The number of carbonyl (C=O) groups is 2. The summed E-state index contributed by atoms with van der Waals surface area (Å²) in [6.07, 6.45) is 1.66. The van der Waals surface area contributed by atoms with E-state index in [2.05, 4.69) is 22.1 Å². The molecule has 4 rings (SSSR count). The van der Waals surface area contributed by atoms with E-state index in [0.717, 1.165) is 0 Å². The highest BCUT2D eigenvalue weighted by atomic mass is 32.2. The van der Waals surface area contributed by atoms with Crippen molar-refractivity contribution in [1.82, 2.24) is 14.8 Å². The largest absolute Gasteiger partial charge is 0.323 e. The van der Waals surface area contributed by atoms with Gasteiger partial charge in [0.25, 0.3) is 0 Å². The van der Waals surface area contributed by atoms with Crippen molar-refractivity contribution < 1.29 is 14.0 Å². The summed E-state index contributed by atoms with van der Waals surface area (Å²) in [7, 11) is 0. The van der Waals surface area contributed by atoms with Crippen LogP contribution >= 0.6 is 11.8 Å². The zero-order valence-electron chi connectivity index (χ0n) is 16.8. The average Bonchev–Trinajstić information content (AvgIpc) is 3.15. The standard InChI is InChI=1S/C22H20FN5O2S/c1-3-12-27-20(15-8-4-5-9-16(15)23)25-26-22(27)31-14(2)21(30)28-13-19(29)24-17-10-6-7-11-18(17)28/h3-11,14H,1,12-13H2,2H3,(H,24,29). The lowest BCUT2D eigenvalue weighted by Crippen LogP contribution is -2.45. The van der Waals surface area contributed by atoms with E-state index in [-0.39, 0.29) is 18.4 Å². The Morgan fingerprint density at radius 2 is 2.00 bits per heavy atom. The second-order valence-corrected chi connectivity index (χ2v) is 8.24. The third-order valence-electron chi connectivity index (χ3n) is 4.81. The van der Waals surface area contributed by atoms with E-state index in [1.807, 2.05) is 6.07 Å². The van der Waals surface area contributed by atoms with Crippen LogP contribution < -0.4 is 10.2 Å². The number of thioether (sulfide) groups is 1. The van der Waals surface area contributed by atoms with Gasteiger partial charge in [-0.05, 0) is 31.2 Å². The zero-order valence-corrected chi connectivity index (χ0v) is 17.6. The van der Waals surface area contributed by atoms with Gasteiger partial charge >= 0.3 is 0 Å². The molecule has 0 bridgehead atoms. The Bertz CT molecular complexity index is 1160. The molecule has 7 nitrogen and oxygen atoms in total. The Morgan fingerprint density at radius 1 is 1.26 bits per heavy atom. The fourth-order valence-electron chi connectivity index (χ4n) is 3.37. The first-order chi connectivity index (χ1) is 15.0. The summed E-state index contributed by atoms with van der Waals surface area (Å²) in [5.41, 5.74) is 1.57. The van der Waals surface area contributed by atoms with Crippen LogP contribution in [0, 0.1) is 5.82 Å². The number of benzene rings is 2. The lowest BCUT2D eigenvalue weighted by atomic mass is 10.2. The van der Waals surface area contributed by atoms with E-state index in [1.54, 1.807) is 54.0 Å². The van der Waals surface area contributed by atoms with Crippen LogP contribution in [-0.2, 0) is 16.1 Å². The number of allylic oxidation sites excluding steroid dienone is 1. The third kappa shape index (κ3) is 4.09. The van der Waals surface area contributed by atoms with Crippen molar-refractivity contribution in [1.29, 1.82) is 0 Å². The number of aromatic nitrogens is 3. The minimum absolute atomic E-state index is 0.0550. The topological polar surface area (TPSA) is 80.1 Å². The summed E-state index contributed by atoms with van der Waals surface area (Å²) in [4.78, 5) is 26.7. The van der Waals surface area contributed by atoms with Gasteiger partial charge in [0.2, 0.25) is 11.8 Å². The average molecular weight is 438 g/mol. The molecule has 1 atom stereocenters. The number of para-hydroxylation sites is 2. The Kier molecular flexibility index (Phi) is 5.85. The van der Waals surface area contributed by atoms with Crippen LogP contribution in [0.15, 0.2) is 66.3 Å². The number of anilines is 2. The van der Waals surface area contributed by atoms with Gasteiger partial charge in [0, 0.05) is 6.54 Å². The number of fused-ring (bicyclic) bond motifs is 1. The van der Waals surface area contributed by atoms with E-state index < -0.39 is 11.1 Å². The molecule has 2 heterocycles. The van der Waals surface area contributed by atoms with Gasteiger partial charge in [0.1, 0.15) is 12.4 Å². The normalized spacial score (nSPS) is 14.0. The number of hydrogen-bond donors (Lipinski definition) is 1. The molecule has 0 spiro atoms. The Labute approximate surface area is 183 Å². The predicted molar refractivity (Wildman–Crippen MR) is 118 cm³/mol. The molecule has 0 aliphatic carbocycles. The van der Waals surface area contributed by atoms with Crippen LogP contribution in [0.1, 0.15) is 6.92 Å². The van der Waals surface area contributed by atoms with Gasteiger partial charge in [-0.1, -0.05) is 42.1 Å². The molecule has 158 valence electrons. The molecule has 0 radical (unpaired) electrons. The predicted octanol–water partition coefficient (Wildman–Crippen LogP) is 3.74. The number of rotatable bonds is 6. The third-order valence-corrected chi connectivity index (χ3v) is 5.88. The van der Waals surface area contributed by atoms with Crippen molar-refractivity contribution in [3.8, 4) is 11.4 Å². The molecule has 1 unspecified atom stereocenters. The summed E-state index contributed by atoms with van der Waals surface area (Å²) < 4.78 is 16.0. The molecule has 1 aliphatic rings. The van der Waals surface area contributed by atoms with Crippen LogP contribution in [0.3, 0.4) is 0 Å². The van der Waals surface area contributed by atoms with Gasteiger partial charge in [0.15, 0.2) is 11.0 Å². The number of carbonyl (C=O) groups excluding carboxylic acids is 2. The smallest absolute Gasteiger partial charge is 0.244 e. The number of hydrogen-bond acceptors (Lipinski definition) is 5. The van der Waals surface area contributed by atoms with Crippen molar-refractivity contribution in [3.05, 3.63) is 67.0 Å². The fraction of sp³-hybridized carbons (Fsp3) is 0.182. The fourth-order valence-corrected chi connectivity index (χ4v) is 4.29. The van der Waals surface area contributed by atoms with E-state index in [1.165, 1.54) is 22.7 Å². The summed E-state index contributed by atoms with van der Waals surface area (Å²) in [5, 5.41) is 11.0. The number of halogens is 1. The molecular weight excluding hydrogens is 417 g/mol. The lowest BCUT2D eigenvalue weighted by molar-refractivity contribution is -0.121. The summed E-state index contributed by atoms with van der Waals surface area (Å²) in [5.74, 6) is -0.520. The first kappa shape index (κ1) is 20.8. The highest BCUT2D eigenvalue weighted by molar-refractivity contribution is 8.00.